The minimum Gasteiger partial charge on any atom is -0.353 e. The van der Waals surface area contributed by atoms with Crippen molar-refractivity contribution in [1.82, 2.24) is 19.7 Å². The van der Waals surface area contributed by atoms with E-state index in [0.29, 0.717) is 37.7 Å². The third-order valence-electron chi connectivity index (χ3n) is 6.10. The molecule has 1 aliphatic heterocycles. The van der Waals surface area contributed by atoms with E-state index in [1.54, 1.807) is 4.90 Å². The molecule has 0 spiro atoms. The molecule has 9 heteroatoms. The Labute approximate surface area is 183 Å². The molecule has 0 unspecified atom stereocenters. The Balaban J connectivity index is 1.30. The zero-order valence-corrected chi connectivity index (χ0v) is 17.3. The van der Waals surface area contributed by atoms with E-state index in [4.69, 9.17) is 0 Å². The fourth-order valence-electron chi connectivity index (χ4n) is 4.42. The number of piperazine rings is 1. The van der Waals surface area contributed by atoms with E-state index in [-0.39, 0.29) is 5.91 Å². The minimum absolute atomic E-state index is 0.0853. The highest BCUT2D eigenvalue weighted by Gasteiger charge is 2.33. The number of alkyl halides is 3. The molecule has 6 nitrogen and oxygen atoms in total. The van der Waals surface area contributed by atoms with Crippen molar-refractivity contribution in [1.29, 1.82) is 0 Å². The SMILES string of the molecule is O=C(c1nn(-c2ccccc2)c2c1CCC2)N1CCN(c2ccc(C(F)(F)F)cn2)CC1. The monoisotopic (exact) mass is 441 g/mol. The van der Waals surface area contributed by atoms with Gasteiger partial charge in [-0.05, 0) is 43.5 Å². The summed E-state index contributed by atoms with van der Waals surface area (Å²) >= 11 is 0. The van der Waals surface area contributed by atoms with E-state index in [0.717, 1.165) is 48.5 Å². The topological polar surface area (TPSA) is 54.3 Å². The van der Waals surface area contributed by atoms with Crippen molar-refractivity contribution in [3.8, 4) is 5.69 Å². The molecule has 1 aliphatic carbocycles. The van der Waals surface area contributed by atoms with Crippen molar-refractivity contribution < 1.29 is 18.0 Å². The summed E-state index contributed by atoms with van der Waals surface area (Å²) in [6, 6.07) is 12.2. The molecule has 0 atom stereocenters. The second-order valence-electron chi connectivity index (χ2n) is 8.06. The number of halogens is 3. The first-order valence-electron chi connectivity index (χ1n) is 10.7. The van der Waals surface area contributed by atoms with Gasteiger partial charge in [-0.3, -0.25) is 4.79 Å². The lowest BCUT2D eigenvalue weighted by molar-refractivity contribution is -0.137. The summed E-state index contributed by atoms with van der Waals surface area (Å²) < 4.78 is 40.2. The fraction of sp³-hybridized carbons (Fsp3) is 0.348. The molecular formula is C23H22F3N5O. The average Bonchev–Trinajstić information content (AvgIpc) is 3.42. The van der Waals surface area contributed by atoms with Crippen LogP contribution in [0.1, 0.15) is 33.7 Å². The first kappa shape index (κ1) is 20.5. The number of nitrogens with zero attached hydrogens (tertiary/aromatic N) is 5. The number of pyridine rings is 1. The largest absolute Gasteiger partial charge is 0.417 e. The standard InChI is InChI=1S/C23H22F3N5O/c24-23(25,26)16-9-10-20(27-15-16)29-11-13-30(14-12-29)22(32)21-18-7-4-8-19(18)31(28-21)17-5-2-1-3-6-17/h1-3,5-6,9-10,15H,4,7-8,11-14H2. The molecule has 0 bridgehead atoms. The van der Waals surface area contributed by atoms with Gasteiger partial charge in [-0.25, -0.2) is 9.67 Å². The molecule has 2 aliphatic rings. The summed E-state index contributed by atoms with van der Waals surface area (Å²) in [5.41, 5.74) is 2.83. The summed E-state index contributed by atoms with van der Waals surface area (Å²) in [5.74, 6) is 0.400. The number of para-hydroxylation sites is 1. The Kier molecular flexibility index (Phi) is 5.11. The molecule has 3 heterocycles. The molecule has 2 aromatic heterocycles. The molecule has 1 aromatic carbocycles. The number of fused-ring (bicyclic) bond motifs is 1. The molecule has 1 amide bonds. The number of rotatable bonds is 3. The first-order valence-corrected chi connectivity index (χ1v) is 10.7. The van der Waals surface area contributed by atoms with Crippen molar-refractivity contribution >= 4 is 11.7 Å². The highest BCUT2D eigenvalue weighted by molar-refractivity contribution is 5.94. The van der Waals surface area contributed by atoms with Crippen LogP contribution in [0.3, 0.4) is 0 Å². The van der Waals surface area contributed by atoms with Crippen LogP contribution < -0.4 is 4.90 Å². The van der Waals surface area contributed by atoms with Crippen LogP contribution >= 0.6 is 0 Å². The number of amides is 1. The van der Waals surface area contributed by atoms with Gasteiger partial charge >= 0.3 is 6.18 Å². The zero-order chi connectivity index (χ0) is 22.3. The predicted molar refractivity (Wildman–Crippen MR) is 113 cm³/mol. The van der Waals surface area contributed by atoms with Gasteiger partial charge in [0.05, 0.1) is 11.3 Å². The van der Waals surface area contributed by atoms with Crippen LogP contribution in [0.25, 0.3) is 5.69 Å². The van der Waals surface area contributed by atoms with E-state index in [1.165, 1.54) is 6.07 Å². The molecule has 3 aromatic rings. The van der Waals surface area contributed by atoms with Crippen molar-refractivity contribution in [2.75, 3.05) is 31.1 Å². The summed E-state index contributed by atoms with van der Waals surface area (Å²) in [4.78, 5) is 20.9. The van der Waals surface area contributed by atoms with Gasteiger partial charge in [0, 0.05) is 43.6 Å². The Hall–Kier alpha value is -3.36. The number of hydrogen-bond acceptors (Lipinski definition) is 4. The van der Waals surface area contributed by atoms with E-state index >= 15 is 0 Å². The van der Waals surface area contributed by atoms with Crippen molar-refractivity contribution in [3.63, 3.8) is 0 Å². The zero-order valence-electron chi connectivity index (χ0n) is 17.3. The summed E-state index contributed by atoms with van der Waals surface area (Å²) in [6.07, 6.45) is -0.795. The molecule has 32 heavy (non-hydrogen) atoms. The van der Waals surface area contributed by atoms with Crippen LogP contribution in [0.15, 0.2) is 48.7 Å². The number of carbonyl (C=O) groups is 1. The lowest BCUT2D eigenvalue weighted by atomic mass is 10.1. The number of hydrogen-bond donors (Lipinski definition) is 0. The van der Waals surface area contributed by atoms with Crippen molar-refractivity contribution in [2.24, 2.45) is 0 Å². The van der Waals surface area contributed by atoms with Gasteiger partial charge in [0.25, 0.3) is 5.91 Å². The number of carbonyl (C=O) groups excluding carboxylic acids is 1. The predicted octanol–water partition coefficient (Wildman–Crippen LogP) is 3.74. The van der Waals surface area contributed by atoms with E-state index in [9.17, 15) is 18.0 Å². The van der Waals surface area contributed by atoms with Gasteiger partial charge in [-0.15, -0.1) is 0 Å². The molecule has 0 N–H and O–H groups in total. The fourth-order valence-corrected chi connectivity index (χ4v) is 4.42. The third kappa shape index (κ3) is 3.72. The van der Waals surface area contributed by atoms with Crippen LogP contribution in [-0.4, -0.2) is 51.8 Å². The molecule has 0 radical (unpaired) electrons. The molecule has 166 valence electrons. The van der Waals surface area contributed by atoms with Crippen molar-refractivity contribution in [3.05, 3.63) is 71.2 Å². The maximum Gasteiger partial charge on any atom is 0.417 e. The summed E-state index contributed by atoms with van der Waals surface area (Å²) in [5, 5.41) is 4.68. The Morgan fingerprint density at radius 2 is 1.69 bits per heavy atom. The Morgan fingerprint density at radius 1 is 0.938 bits per heavy atom. The number of benzene rings is 1. The van der Waals surface area contributed by atoms with Gasteiger partial charge < -0.3 is 9.80 Å². The molecule has 5 rings (SSSR count). The van der Waals surface area contributed by atoms with E-state index < -0.39 is 11.7 Å². The van der Waals surface area contributed by atoms with Crippen LogP contribution in [-0.2, 0) is 19.0 Å². The highest BCUT2D eigenvalue weighted by Crippen LogP contribution is 2.30. The van der Waals surface area contributed by atoms with Crippen LogP contribution in [0.5, 0.6) is 0 Å². The molecular weight excluding hydrogens is 419 g/mol. The van der Waals surface area contributed by atoms with Crippen LogP contribution in [0, 0.1) is 0 Å². The van der Waals surface area contributed by atoms with Gasteiger partial charge in [0.15, 0.2) is 5.69 Å². The van der Waals surface area contributed by atoms with Gasteiger partial charge in [-0.1, -0.05) is 18.2 Å². The quantitative estimate of drug-likeness (QED) is 0.622. The summed E-state index contributed by atoms with van der Waals surface area (Å²) in [7, 11) is 0. The van der Waals surface area contributed by atoms with Gasteiger partial charge in [0.1, 0.15) is 5.82 Å². The van der Waals surface area contributed by atoms with Crippen LogP contribution in [0.2, 0.25) is 0 Å². The lowest BCUT2D eigenvalue weighted by Crippen LogP contribution is -2.49. The van der Waals surface area contributed by atoms with Gasteiger partial charge in [0.2, 0.25) is 0 Å². The minimum atomic E-state index is -4.40. The van der Waals surface area contributed by atoms with E-state index in [2.05, 4.69) is 10.1 Å². The second-order valence-corrected chi connectivity index (χ2v) is 8.06. The second kappa shape index (κ2) is 7.96. The summed E-state index contributed by atoms with van der Waals surface area (Å²) in [6.45, 7) is 1.94. The molecule has 1 fully saturated rings. The lowest BCUT2D eigenvalue weighted by Gasteiger charge is -2.35. The maximum atomic E-state index is 13.3. The maximum absolute atomic E-state index is 13.3. The highest BCUT2D eigenvalue weighted by atomic mass is 19.4. The van der Waals surface area contributed by atoms with E-state index in [1.807, 2.05) is 39.9 Å². The average molecular weight is 441 g/mol. The Morgan fingerprint density at radius 3 is 2.34 bits per heavy atom. The third-order valence-corrected chi connectivity index (χ3v) is 6.10. The van der Waals surface area contributed by atoms with Gasteiger partial charge in [-0.2, -0.15) is 18.3 Å². The smallest absolute Gasteiger partial charge is 0.353 e. The normalized spacial score (nSPS) is 16.3. The molecule has 0 saturated carbocycles. The Bertz CT molecular complexity index is 1120. The van der Waals surface area contributed by atoms with Crippen LogP contribution in [0.4, 0.5) is 19.0 Å². The number of aromatic nitrogens is 3. The number of anilines is 1. The first-order chi connectivity index (χ1) is 15.4. The molecule has 1 saturated heterocycles. The van der Waals surface area contributed by atoms with Crippen molar-refractivity contribution in [2.45, 2.75) is 25.4 Å².